The fourth-order valence-electron chi connectivity index (χ4n) is 1.22. The van der Waals surface area contributed by atoms with Gasteiger partial charge in [-0.15, -0.1) is 0 Å². The Morgan fingerprint density at radius 3 is 1.92 bits per heavy atom. The van der Waals surface area contributed by atoms with Crippen LogP contribution in [-0.4, -0.2) is 26.8 Å². The van der Waals surface area contributed by atoms with Gasteiger partial charge < -0.3 is 13.6 Å². The van der Waals surface area contributed by atoms with Crippen LogP contribution in [-0.2, 0) is 8.85 Å². The maximum absolute atomic E-state index is 10.1. The second-order valence-electron chi connectivity index (χ2n) is 3.60. The van der Waals surface area contributed by atoms with Crippen molar-refractivity contribution in [1.82, 2.24) is 0 Å². The van der Waals surface area contributed by atoms with Crippen LogP contribution < -0.4 is 0 Å². The quantitative estimate of drug-likeness (QED) is 0.644. The molecule has 1 aliphatic rings. The van der Waals surface area contributed by atoms with E-state index in [1.807, 2.05) is 13.8 Å². The Labute approximate surface area is 81.4 Å². The van der Waals surface area contributed by atoms with E-state index >= 15 is 0 Å². The maximum atomic E-state index is 10.1. The molecule has 1 N–H and O–H groups in total. The molecular weight excluding hydrogens is 184 g/mol. The summed E-state index contributed by atoms with van der Waals surface area (Å²) in [5, 5.41) is 0. The van der Waals surface area contributed by atoms with E-state index in [1.165, 1.54) is 0 Å². The largest absolute Gasteiger partial charge is 0.501 e. The lowest BCUT2D eigenvalue weighted by molar-refractivity contribution is 0.0955. The summed E-state index contributed by atoms with van der Waals surface area (Å²) < 4.78 is 11.0. The second kappa shape index (κ2) is 5.10. The molecule has 0 aromatic rings. The minimum absolute atomic E-state index is 0.339. The molecule has 0 aliphatic heterocycles. The Balaban J connectivity index is 2.32. The summed E-state index contributed by atoms with van der Waals surface area (Å²) >= 11 is 0. The molecular formula is C9H20O3Si. The van der Waals surface area contributed by atoms with E-state index in [-0.39, 0.29) is 0 Å². The van der Waals surface area contributed by atoms with Gasteiger partial charge in [0.25, 0.3) is 0 Å². The van der Waals surface area contributed by atoms with Gasteiger partial charge in [0.15, 0.2) is 0 Å². The SMILES string of the molecule is CCCO[Si](O)(OCCC)C1CC1. The van der Waals surface area contributed by atoms with Gasteiger partial charge in [0, 0.05) is 18.8 Å². The van der Waals surface area contributed by atoms with Crippen molar-refractivity contribution in [3.63, 3.8) is 0 Å². The van der Waals surface area contributed by atoms with Crippen molar-refractivity contribution >= 4 is 8.80 Å². The maximum Gasteiger partial charge on any atom is 0.501 e. The average Bonchev–Trinajstić information content (AvgIpc) is 2.94. The second-order valence-corrected chi connectivity index (χ2v) is 6.26. The Kier molecular flexibility index (Phi) is 4.38. The first-order chi connectivity index (χ1) is 6.23. The van der Waals surface area contributed by atoms with Gasteiger partial charge in [0.05, 0.1) is 0 Å². The Morgan fingerprint density at radius 2 is 1.62 bits per heavy atom. The van der Waals surface area contributed by atoms with Gasteiger partial charge in [-0.05, 0) is 25.7 Å². The molecule has 0 amide bonds. The summed E-state index contributed by atoms with van der Waals surface area (Å²) in [5.74, 6) is 0. The van der Waals surface area contributed by atoms with Crippen molar-refractivity contribution < 1.29 is 13.6 Å². The fourth-order valence-corrected chi connectivity index (χ4v) is 3.67. The number of hydrogen-bond donors (Lipinski definition) is 1. The summed E-state index contributed by atoms with van der Waals surface area (Å²) in [6.45, 7) is 5.34. The van der Waals surface area contributed by atoms with Crippen LogP contribution in [0.5, 0.6) is 0 Å². The van der Waals surface area contributed by atoms with Crippen molar-refractivity contribution in [3.8, 4) is 0 Å². The zero-order valence-corrected chi connectivity index (χ0v) is 9.58. The highest BCUT2D eigenvalue weighted by Gasteiger charge is 2.52. The van der Waals surface area contributed by atoms with Crippen LogP contribution in [0.1, 0.15) is 39.5 Å². The van der Waals surface area contributed by atoms with Crippen molar-refractivity contribution in [2.75, 3.05) is 13.2 Å². The zero-order valence-electron chi connectivity index (χ0n) is 8.58. The lowest BCUT2D eigenvalue weighted by Gasteiger charge is -2.23. The predicted octanol–water partition coefficient (Wildman–Crippen LogP) is 1.93. The fraction of sp³-hybridized carbons (Fsp3) is 1.00. The summed E-state index contributed by atoms with van der Waals surface area (Å²) in [6, 6.07) is 0. The zero-order chi connectivity index (χ0) is 9.73. The van der Waals surface area contributed by atoms with E-state index in [1.54, 1.807) is 0 Å². The van der Waals surface area contributed by atoms with E-state index in [9.17, 15) is 4.80 Å². The third-order valence-corrected chi connectivity index (χ3v) is 4.96. The van der Waals surface area contributed by atoms with Gasteiger partial charge in [-0.3, -0.25) is 0 Å². The topological polar surface area (TPSA) is 38.7 Å². The van der Waals surface area contributed by atoms with Gasteiger partial charge in [0.1, 0.15) is 0 Å². The first kappa shape index (κ1) is 11.2. The summed E-state index contributed by atoms with van der Waals surface area (Å²) in [6.07, 6.45) is 4.04. The van der Waals surface area contributed by atoms with Gasteiger partial charge in [0.2, 0.25) is 0 Å². The molecule has 1 rings (SSSR count). The van der Waals surface area contributed by atoms with Crippen molar-refractivity contribution in [3.05, 3.63) is 0 Å². The standard InChI is InChI=1S/C9H20O3Si/c1-3-7-11-13(10,9-5-6-9)12-8-4-2/h9-10H,3-8H2,1-2H3. The molecule has 13 heavy (non-hydrogen) atoms. The lowest BCUT2D eigenvalue weighted by atomic mass is 10.5. The molecule has 0 saturated heterocycles. The van der Waals surface area contributed by atoms with Gasteiger partial charge in [-0.1, -0.05) is 13.8 Å². The summed E-state index contributed by atoms with van der Waals surface area (Å²) in [7, 11) is -2.76. The van der Waals surface area contributed by atoms with Crippen molar-refractivity contribution in [1.29, 1.82) is 0 Å². The van der Waals surface area contributed by atoms with Crippen LogP contribution in [0.3, 0.4) is 0 Å². The van der Waals surface area contributed by atoms with Gasteiger partial charge >= 0.3 is 8.80 Å². The molecule has 1 fully saturated rings. The van der Waals surface area contributed by atoms with Crippen LogP contribution in [0, 0.1) is 0 Å². The van der Waals surface area contributed by atoms with E-state index < -0.39 is 8.80 Å². The van der Waals surface area contributed by atoms with E-state index in [4.69, 9.17) is 8.85 Å². The molecule has 0 atom stereocenters. The first-order valence-corrected chi connectivity index (χ1v) is 7.07. The van der Waals surface area contributed by atoms with Crippen LogP contribution in [0.4, 0.5) is 0 Å². The van der Waals surface area contributed by atoms with E-state index in [0.29, 0.717) is 18.8 Å². The molecule has 0 radical (unpaired) electrons. The highest BCUT2D eigenvalue weighted by Crippen LogP contribution is 2.44. The normalized spacial score (nSPS) is 17.8. The smallest absolute Gasteiger partial charge is 0.390 e. The summed E-state index contributed by atoms with van der Waals surface area (Å²) in [5.41, 5.74) is 0.339. The summed E-state index contributed by atoms with van der Waals surface area (Å²) in [4.78, 5) is 10.1. The highest BCUT2D eigenvalue weighted by molar-refractivity contribution is 6.61. The predicted molar refractivity (Wildman–Crippen MR) is 53.4 cm³/mol. The third kappa shape index (κ3) is 3.38. The number of rotatable bonds is 7. The van der Waals surface area contributed by atoms with Gasteiger partial charge in [-0.25, -0.2) is 0 Å². The molecule has 78 valence electrons. The average molecular weight is 204 g/mol. The minimum Gasteiger partial charge on any atom is -0.390 e. The van der Waals surface area contributed by atoms with Gasteiger partial charge in [-0.2, -0.15) is 0 Å². The molecule has 0 spiro atoms. The third-order valence-electron chi connectivity index (χ3n) is 2.12. The molecule has 4 heteroatoms. The molecule has 0 aromatic carbocycles. The lowest BCUT2D eigenvalue weighted by Crippen LogP contribution is -2.43. The molecule has 1 saturated carbocycles. The van der Waals surface area contributed by atoms with Crippen molar-refractivity contribution in [2.45, 2.75) is 45.1 Å². The number of hydrogen-bond acceptors (Lipinski definition) is 3. The van der Waals surface area contributed by atoms with Crippen LogP contribution in [0.25, 0.3) is 0 Å². The minimum atomic E-state index is -2.76. The van der Waals surface area contributed by atoms with Crippen LogP contribution >= 0.6 is 0 Å². The molecule has 0 unspecified atom stereocenters. The monoisotopic (exact) mass is 204 g/mol. The Morgan fingerprint density at radius 1 is 1.15 bits per heavy atom. The Bertz CT molecular complexity index is 140. The first-order valence-electron chi connectivity index (χ1n) is 5.23. The molecule has 0 heterocycles. The Hall–Kier alpha value is 0.0969. The van der Waals surface area contributed by atoms with Crippen LogP contribution in [0.2, 0.25) is 5.54 Å². The van der Waals surface area contributed by atoms with Crippen LogP contribution in [0.15, 0.2) is 0 Å². The molecule has 1 aliphatic carbocycles. The van der Waals surface area contributed by atoms with E-state index in [2.05, 4.69) is 0 Å². The van der Waals surface area contributed by atoms with E-state index in [0.717, 1.165) is 25.7 Å². The van der Waals surface area contributed by atoms with Crippen molar-refractivity contribution in [2.24, 2.45) is 0 Å². The molecule has 0 aromatic heterocycles. The molecule has 3 nitrogen and oxygen atoms in total. The highest BCUT2D eigenvalue weighted by atomic mass is 28.4. The molecule has 0 bridgehead atoms.